The Balaban J connectivity index is 1.59. The number of aromatic nitrogens is 3. The monoisotopic (exact) mass is 342 g/mol. The molecule has 7 heteroatoms. The molecule has 0 unspecified atom stereocenters. The van der Waals surface area contributed by atoms with E-state index in [0.29, 0.717) is 34.6 Å². The molecule has 3 aromatic rings. The van der Waals surface area contributed by atoms with Crippen molar-refractivity contribution in [3.63, 3.8) is 0 Å². The van der Waals surface area contributed by atoms with Gasteiger partial charge in [-0.05, 0) is 36.8 Å². The fourth-order valence-electron chi connectivity index (χ4n) is 2.35. The number of hydrogen-bond donors (Lipinski definition) is 1. The van der Waals surface area contributed by atoms with E-state index in [1.54, 1.807) is 48.5 Å². The van der Waals surface area contributed by atoms with Crippen molar-refractivity contribution in [1.29, 1.82) is 0 Å². The van der Waals surface area contributed by atoms with Crippen LogP contribution >= 0.6 is 11.6 Å². The lowest BCUT2D eigenvalue weighted by atomic mass is 10.2. The lowest BCUT2D eigenvalue weighted by molar-refractivity contribution is -0.116. The standard InChI is InChI=1S/C17H15ClN4O2/c18-12-5-3-6-13(11-12)19-16(23)9-4-10-22-17(24)14-7-1-2-8-15(14)20-21-22/h1-3,5-8,11H,4,9-10H2,(H,19,23). The van der Waals surface area contributed by atoms with Gasteiger partial charge in [-0.2, -0.15) is 0 Å². The van der Waals surface area contributed by atoms with E-state index in [0.717, 1.165) is 0 Å². The van der Waals surface area contributed by atoms with E-state index in [1.165, 1.54) is 4.68 Å². The molecule has 0 saturated carbocycles. The highest BCUT2D eigenvalue weighted by molar-refractivity contribution is 6.30. The molecule has 1 heterocycles. The van der Waals surface area contributed by atoms with Crippen molar-refractivity contribution < 1.29 is 4.79 Å². The van der Waals surface area contributed by atoms with Crippen LogP contribution in [0.5, 0.6) is 0 Å². The van der Waals surface area contributed by atoms with E-state index in [9.17, 15) is 9.59 Å². The molecule has 6 nitrogen and oxygen atoms in total. The van der Waals surface area contributed by atoms with Crippen molar-refractivity contribution in [2.45, 2.75) is 19.4 Å². The molecule has 0 aliphatic rings. The fraction of sp³-hybridized carbons (Fsp3) is 0.176. The largest absolute Gasteiger partial charge is 0.326 e. The Bertz CT molecular complexity index is 939. The molecule has 2 aromatic carbocycles. The average molecular weight is 343 g/mol. The number of anilines is 1. The van der Waals surface area contributed by atoms with Crippen LogP contribution in [0.1, 0.15) is 12.8 Å². The predicted octanol–water partition coefficient (Wildman–Crippen LogP) is 2.86. The third kappa shape index (κ3) is 3.78. The molecule has 0 fully saturated rings. The van der Waals surface area contributed by atoms with Gasteiger partial charge >= 0.3 is 0 Å². The predicted molar refractivity (Wildman–Crippen MR) is 93.1 cm³/mol. The van der Waals surface area contributed by atoms with Gasteiger partial charge in [0.1, 0.15) is 5.52 Å². The van der Waals surface area contributed by atoms with Crippen LogP contribution in [-0.2, 0) is 11.3 Å². The van der Waals surface area contributed by atoms with Crippen LogP contribution in [0.3, 0.4) is 0 Å². The van der Waals surface area contributed by atoms with Gasteiger partial charge in [0.05, 0.1) is 5.39 Å². The van der Waals surface area contributed by atoms with E-state index in [-0.39, 0.29) is 17.9 Å². The number of carbonyl (C=O) groups excluding carboxylic acids is 1. The average Bonchev–Trinajstić information content (AvgIpc) is 2.57. The van der Waals surface area contributed by atoms with E-state index in [1.807, 2.05) is 0 Å². The number of benzene rings is 2. The maximum Gasteiger partial charge on any atom is 0.277 e. The molecule has 0 atom stereocenters. The first-order valence-corrected chi connectivity index (χ1v) is 7.89. The van der Waals surface area contributed by atoms with Gasteiger partial charge in [-0.15, -0.1) is 5.10 Å². The summed E-state index contributed by atoms with van der Waals surface area (Å²) < 4.78 is 1.29. The van der Waals surface area contributed by atoms with Gasteiger partial charge in [-0.3, -0.25) is 9.59 Å². The van der Waals surface area contributed by atoms with Gasteiger partial charge in [0.25, 0.3) is 5.56 Å². The van der Waals surface area contributed by atoms with E-state index < -0.39 is 0 Å². The third-order valence-corrected chi connectivity index (χ3v) is 3.75. The minimum atomic E-state index is -0.198. The minimum Gasteiger partial charge on any atom is -0.326 e. The summed E-state index contributed by atoms with van der Waals surface area (Å²) in [5.74, 6) is -0.140. The smallest absolute Gasteiger partial charge is 0.277 e. The molecule has 0 aliphatic heterocycles. The minimum absolute atomic E-state index is 0.140. The van der Waals surface area contributed by atoms with Crippen LogP contribution in [0.2, 0.25) is 5.02 Å². The third-order valence-electron chi connectivity index (χ3n) is 3.51. The first kappa shape index (κ1) is 16.1. The van der Waals surface area contributed by atoms with Crippen molar-refractivity contribution in [2.24, 2.45) is 0 Å². The van der Waals surface area contributed by atoms with Crippen molar-refractivity contribution in [2.75, 3.05) is 5.32 Å². The Morgan fingerprint density at radius 2 is 2.00 bits per heavy atom. The number of rotatable bonds is 5. The maximum atomic E-state index is 12.3. The quantitative estimate of drug-likeness (QED) is 0.773. The second kappa shape index (κ2) is 7.23. The second-order valence-corrected chi connectivity index (χ2v) is 5.73. The first-order chi connectivity index (χ1) is 11.6. The SMILES string of the molecule is O=C(CCCn1nnc2ccccc2c1=O)Nc1cccc(Cl)c1. The highest BCUT2D eigenvalue weighted by Crippen LogP contribution is 2.15. The Kier molecular flexibility index (Phi) is 4.86. The molecule has 0 radical (unpaired) electrons. The molecule has 1 N–H and O–H groups in total. The number of halogens is 1. The number of hydrogen-bond acceptors (Lipinski definition) is 4. The summed E-state index contributed by atoms with van der Waals surface area (Å²) in [7, 11) is 0. The second-order valence-electron chi connectivity index (χ2n) is 5.30. The molecule has 0 bridgehead atoms. The van der Waals surface area contributed by atoms with Crippen molar-refractivity contribution in [3.8, 4) is 0 Å². The number of fused-ring (bicyclic) bond motifs is 1. The van der Waals surface area contributed by atoms with Crippen LogP contribution in [0.25, 0.3) is 10.9 Å². The number of aryl methyl sites for hydroxylation is 1. The van der Waals surface area contributed by atoms with Gasteiger partial charge in [0.2, 0.25) is 5.91 Å². The summed E-state index contributed by atoms with van der Waals surface area (Å²) >= 11 is 5.87. The normalized spacial score (nSPS) is 10.7. The molecule has 24 heavy (non-hydrogen) atoms. The first-order valence-electron chi connectivity index (χ1n) is 7.51. The molecule has 1 aromatic heterocycles. The lowest BCUT2D eigenvalue weighted by Gasteiger charge is -2.06. The molecular weight excluding hydrogens is 328 g/mol. The number of nitrogens with one attached hydrogen (secondary N) is 1. The van der Waals surface area contributed by atoms with Crippen LogP contribution in [0.15, 0.2) is 53.3 Å². The van der Waals surface area contributed by atoms with Gasteiger partial charge in [-0.25, -0.2) is 4.68 Å². The lowest BCUT2D eigenvalue weighted by Crippen LogP contribution is -2.25. The number of nitrogens with zero attached hydrogens (tertiary/aromatic N) is 3. The van der Waals surface area contributed by atoms with E-state index >= 15 is 0 Å². The van der Waals surface area contributed by atoms with Gasteiger partial charge in [0.15, 0.2) is 0 Å². The Labute approximate surface area is 143 Å². The highest BCUT2D eigenvalue weighted by atomic mass is 35.5. The van der Waals surface area contributed by atoms with Gasteiger partial charge < -0.3 is 5.32 Å². The summed E-state index contributed by atoms with van der Waals surface area (Å²) in [5, 5.41) is 11.8. The van der Waals surface area contributed by atoms with Gasteiger partial charge in [-0.1, -0.05) is 35.0 Å². The molecule has 3 rings (SSSR count). The zero-order valence-corrected chi connectivity index (χ0v) is 13.5. The van der Waals surface area contributed by atoms with Crippen molar-refractivity contribution in [1.82, 2.24) is 15.0 Å². The molecule has 0 saturated heterocycles. The number of carbonyl (C=O) groups is 1. The van der Waals surface area contributed by atoms with Crippen LogP contribution in [0, 0.1) is 0 Å². The van der Waals surface area contributed by atoms with Crippen molar-refractivity contribution in [3.05, 3.63) is 63.9 Å². The summed E-state index contributed by atoms with van der Waals surface area (Å²) in [6.07, 6.45) is 0.757. The van der Waals surface area contributed by atoms with Crippen LogP contribution in [-0.4, -0.2) is 20.9 Å². The molecule has 122 valence electrons. The zero-order chi connectivity index (χ0) is 16.9. The Hall–Kier alpha value is -2.73. The molecule has 0 spiro atoms. The topological polar surface area (TPSA) is 76.9 Å². The summed E-state index contributed by atoms with van der Waals surface area (Å²) in [6, 6.07) is 14.0. The van der Waals surface area contributed by atoms with Crippen LogP contribution in [0.4, 0.5) is 5.69 Å². The molecular formula is C17H15ClN4O2. The summed E-state index contributed by atoms with van der Waals surface area (Å²) in [6.45, 7) is 0.333. The number of amides is 1. The fourth-order valence-corrected chi connectivity index (χ4v) is 2.54. The van der Waals surface area contributed by atoms with E-state index in [2.05, 4.69) is 15.6 Å². The summed E-state index contributed by atoms with van der Waals surface area (Å²) in [4.78, 5) is 24.2. The molecule has 1 amide bonds. The van der Waals surface area contributed by atoms with Gasteiger partial charge in [0, 0.05) is 23.7 Å². The highest BCUT2D eigenvalue weighted by Gasteiger charge is 2.07. The zero-order valence-electron chi connectivity index (χ0n) is 12.8. The molecule has 0 aliphatic carbocycles. The van der Waals surface area contributed by atoms with Crippen molar-refractivity contribution >= 4 is 34.1 Å². The Morgan fingerprint density at radius 1 is 1.17 bits per heavy atom. The summed E-state index contributed by atoms with van der Waals surface area (Å²) in [5.41, 5.74) is 1.02. The Morgan fingerprint density at radius 3 is 2.83 bits per heavy atom. The van der Waals surface area contributed by atoms with Crippen LogP contribution < -0.4 is 10.9 Å². The maximum absolute atomic E-state index is 12.3. The van der Waals surface area contributed by atoms with E-state index in [4.69, 9.17) is 11.6 Å².